The Morgan fingerprint density at radius 1 is 1.24 bits per heavy atom. The number of anilines is 1. The third-order valence-electron chi connectivity index (χ3n) is 4.49. The maximum absolute atomic E-state index is 12.9. The van der Waals surface area contributed by atoms with Gasteiger partial charge in [0.05, 0.1) is 25.5 Å². The topological polar surface area (TPSA) is 75.6 Å². The Bertz CT molecular complexity index is 875. The highest BCUT2D eigenvalue weighted by Gasteiger charge is 2.33. The number of ether oxygens (including phenoxy) is 1. The maximum Gasteiger partial charge on any atom is 0.253 e. The second-order valence-electron chi connectivity index (χ2n) is 6.09. The van der Waals surface area contributed by atoms with Gasteiger partial charge in [0.2, 0.25) is 5.95 Å². The molecule has 9 heteroatoms. The fraction of sp³-hybridized carbons (Fsp3) is 0.500. The average Bonchev–Trinajstić information content (AvgIpc) is 3.29. The molecule has 0 aliphatic carbocycles. The summed E-state index contributed by atoms with van der Waals surface area (Å²) >= 11 is 1.34. The summed E-state index contributed by atoms with van der Waals surface area (Å²) in [4.78, 5) is 12.2. The number of aryl methyl sites for hydroxylation is 1. The van der Waals surface area contributed by atoms with Crippen molar-refractivity contribution < 1.29 is 13.2 Å². The van der Waals surface area contributed by atoms with Crippen LogP contribution in [0.2, 0.25) is 0 Å². The van der Waals surface area contributed by atoms with Gasteiger partial charge in [0.25, 0.3) is 10.0 Å². The molecule has 4 rings (SSSR count). The van der Waals surface area contributed by atoms with Crippen molar-refractivity contribution in [2.45, 2.75) is 30.6 Å². The van der Waals surface area contributed by atoms with Crippen LogP contribution >= 0.6 is 11.3 Å². The number of hydrogen-bond donors (Lipinski definition) is 0. The molecule has 25 heavy (non-hydrogen) atoms. The summed E-state index contributed by atoms with van der Waals surface area (Å²) in [5, 5.41) is 0. The molecule has 0 aromatic carbocycles. The predicted octanol–water partition coefficient (Wildman–Crippen LogP) is 1.64. The first-order valence-electron chi connectivity index (χ1n) is 8.34. The molecule has 0 spiro atoms. The van der Waals surface area contributed by atoms with Crippen LogP contribution in [-0.2, 0) is 34.3 Å². The zero-order valence-electron chi connectivity index (χ0n) is 14.0. The smallest absolute Gasteiger partial charge is 0.253 e. The lowest BCUT2D eigenvalue weighted by molar-refractivity contribution is 0.122. The van der Waals surface area contributed by atoms with Crippen LogP contribution in [0.25, 0.3) is 0 Å². The highest BCUT2D eigenvalue weighted by atomic mass is 32.2. The van der Waals surface area contributed by atoms with Gasteiger partial charge in [-0.1, -0.05) is 6.92 Å². The lowest BCUT2D eigenvalue weighted by atomic mass is 10.3. The van der Waals surface area contributed by atoms with E-state index in [0.29, 0.717) is 36.5 Å². The molecule has 2 aromatic heterocycles. The number of nitrogens with zero attached hydrogens (tertiary/aromatic N) is 4. The first-order valence-corrected chi connectivity index (χ1v) is 10.6. The molecule has 2 aliphatic rings. The van der Waals surface area contributed by atoms with E-state index in [0.717, 1.165) is 35.6 Å². The van der Waals surface area contributed by atoms with Crippen molar-refractivity contribution in [1.29, 1.82) is 0 Å². The molecule has 4 heterocycles. The molecule has 1 fully saturated rings. The van der Waals surface area contributed by atoms with Gasteiger partial charge < -0.3 is 9.64 Å². The molecule has 134 valence electrons. The number of sulfonamides is 1. The molecular formula is C16H20N4O3S2. The Hall–Kier alpha value is -1.55. The molecule has 2 aliphatic heterocycles. The van der Waals surface area contributed by atoms with E-state index in [2.05, 4.69) is 14.9 Å². The molecule has 0 bridgehead atoms. The van der Waals surface area contributed by atoms with Crippen LogP contribution in [0, 0.1) is 0 Å². The summed E-state index contributed by atoms with van der Waals surface area (Å²) in [5.74, 6) is 0.658. The van der Waals surface area contributed by atoms with Crippen LogP contribution in [0.15, 0.2) is 22.5 Å². The van der Waals surface area contributed by atoms with E-state index in [9.17, 15) is 8.42 Å². The van der Waals surface area contributed by atoms with Crippen molar-refractivity contribution in [3.63, 3.8) is 0 Å². The molecule has 0 atom stereocenters. The fourth-order valence-electron chi connectivity index (χ4n) is 3.01. The quantitative estimate of drug-likeness (QED) is 0.803. The van der Waals surface area contributed by atoms with E-state index in [1.807, 2.05) is 13.0 Å². The SMILES string of the molecule is CCc1ccc(S(=O)(=O)N2Cc3cnc(N4CCOCC4)nc3C2)s1. The highest BCUT2D eigenvalue weighted by molar-refractivity contribution is 7.91. The standard InChI is InChI=1S/C16H20N4O3S2/c1-2-13-3-4-15(24-13)25(21,22)20-10-12-9-17-16(18-14(12)11-20)19-5-7-23-8-6-19/h3-4,9H,2,5-8,10-11H2,1H3. The largest absolute Gasteiger partial charge is 0.378 e. The van der Waals surface area contributed by atoms with Gasteiger partial charge in [0.15, 0.2) is 0 Å². The zero-order chi connectivity index (χ0) is 17.4. The average molecular weight is 380 g/mol. The first kappa shape index (κ1) is 16.9. The van der Waals surface area contributed by atoms with Gasteiger partial charge in [-0.25, -0.2) is 18.4 Å². The van der Waals surface area contributed by atoms with Gasteiger partial charge in [-0.15, -0.1) is 11.3 Å². The third-order valence-corrected chi connectivity index (χ3v) is 7.98. The van der Waals surface area contributed by atoms with Crippen molar-refractivity contribution in [3.8, 4) is 0 Å². The van der Waals surface area contributed by atoms with Gasteiger partial charge in [-0.2, -0.15) is 4.31 Å². The van der Waals surface area contributed by atoms with Gasteiger partial charge >= 0.3 is 0 Å². The Morgan fingerprint density at radius 3 is 2.76 bits per heavy atom. The molecule has 0 amide bonds. The summed E-state index contributed by atoms with van der Waals surface area (Å²) in [5.41, 5.74) is 1.68. The van der Waals surface area contributed by atoms with Crippen molar-refractivity contribution in [2.24, 2.45) is 0 Å². The first-order chi connectivity index (χ1) is 12.1. The van der Waals surface area contributed by atoms with Crippen LogP contribution in [0.3, 0.4) is 0 Å². The van der Waals surface area contributed by atoms with Gasteiger partial charge in [-0.3, -0.25) is 0 Å². The lowest BCUT2D eigenvalue weighted by Gasteiger charge is -2.26. The Labute approximate surface area is 151 Å². The number of fused-ring (bicyclic) bond motifs is 1. The van der Waals surface area contributed by atoms with Crippen molar-refractivity contribution in [1.82, 2.24) is 14.3 Å². The van der Waals surface area contributed by atoms with Crippen LogP contribution in [0.5, 0.6) is 0 Å². The van der Waals surface area contributed by atoms with E-state index in [-0.39, 0.29) is 0 Å². The number of thiophene rings is 1. The summed E-state index contributed by atoms with van der Waals surface area (Å²) in [6, 6.07) is 3.59. The van der Waals surface area contributed by atoms with Gasteiger partial charge in [-0.05, 0) is 18.6 Å². The Morgan fingerprint density at radius 2 is 2.04 bits per heavy atom. The minimum Gasteiger partial charge on any atom is -0.378 e. The summed E-state index contributed by atoms with van der Waals surface area (Å²) in [6.45, 7) is 5.51. The molecule has 0 radical (unpaired) electrons. The molecule has 1 saturated heterocycles. The zero-order valence-corrected chi connectivity index (χ0v) is 15.6. The summed E-state index contributed by atoms with van der Waals surface area (Å²) in [6.07, 6.45) is 2.60. The van der Waals surface area contributed by atoms with Crippen LogP contribution in [-0.4, -0.2) is 49.0 Å². The van der Waals surface area contributed by atoms with E-state index in [1.54, 1.807) is 12.3 Å². The molecule has 0 N–H and O–H groups in total. The second-order valence-corrected chi connectivity index (χ2v) is 9.42. The molecule has 0 saturated carbocycles. The van der Waals surface area contributed by atoms with E-state index in [4.69, 9.17) is 4.74 Å². The van der Waals surface area contributed by atoms with E-state index in [1.165, 1.54) is 15.6 Å². The third kappa shape index (κ3) is 3.17. The molecular weight excluding hydrogens is 360 g/mol. The molecule has 0 unspecified atom stereocenters. The van der Waals surface area contributed by atoms with Crippen LogP contribution in [0.1, 0.15) is 23.1 Å². The lowest BCUT2D eigenvalue weighted by Crippen LogP contribution is -2.37. The number of hydrogen-bond acceptors (Lipinski definition) is 7. The summed E-state index contributed by atoms with van der Waals surface area (Å²) < 4.78 is 33.0. The van der Waals surface area contributed by atoms with Crippen LogP contribution < -0.4 is 4.90 Å². The fourth-order valence-corrected chi connectivity index (χ4v) is 5.84. The van der Waals surface area contributed by atoms with Gasteiger partial charge in [0, 0.05) is 36.3 Å². The normalized spacial score (nSPS) is 18.5. The minimum atomic E-state index is -3.48. The summed E-state index contributed by atoms with van der Waals surface area (Å²) in [7, 11) is -3.48. The van der Waals surface area contributed by atoms with E-state index >= 15 is 0 Å². The van der Waals surface area contributed by atoms with Crippen LogP contribution in [0.4, 0.5) is 5.95 Å². The number of rotatable bonds is 4. The highest BCUT2D eigenvalue weighted by Crippen LogP contribution is 2.31. The number of morpholine rings is 1. The maximum atomic E-state index is 12.9. The monoisotopic (exact) mass is 380 g/mol. The van der Waals surface area contributed by atoms with Crippen molar-refractivity contribution in [2.75, 3.05) is 31.2 Å². The van der Waals surface area contributed by atoms with Gasteiger partial charge in [0.1, 0.15) is 4.21 Å². The Balaban J connectivity index is 1.56. The van der Waals surface area contributed by atoms with E-state index < -0.39 is 10.0 Å². The van der Waals surface area contributed by atoms with Crippen molar-refractivity contribution in [3.05, 3.63) is 34.5 Å². The second kappa shape index (κ2) is 6.64. The molecule has 7 nitrogen and oxygen atoms in total. The Kier molecular flexibility index (Phi) is 4.48. The van der Waals surface area contributed by atoms with Crippen molar-refractivity contribution >= 4 is 27.3 Å². The molecule has 2 aromatic rings. The number of aromatic nitrogens is 2. The predicted molar refractivity (Wildman–Crippen MR) is 95.2 cm³/mol. The minimum absolute atomic E-state index is 0.302.